The molecule has 0 spiro atoms. The van der Waals surface area contributed by atoms with Gasteiger partial charge in [-0.25, -0.2) is 0 Å². The smallest absolute Gasteiger partial charge is 0.0410 e. The van der Waals surface area contributed by atoms with Crippen molar-refractivity contribution in [3.63, 3.8) is 0 Å². The van der Waals surface area contributed by atoms with Gasteiger partial charge >= 0.3 is 0 Å². The molecule has 3 rings (SSSR count). The first-order valence-corrected chi connectivity index (χ1v) is 8.95. The Morgan fingerprint density at radius 3 is 2.94 bits per heavy atom. The summed E-state index contributed by atoms with van der Waals surface area (Å²) < 4.78 is 0. The molecule has 0 aliphatic carbocycles. The van der Waals surface area contributed by atoms with Gasteiger partial charge in [0.05, 0.1) is 0 Å². The van der Waals surface area contributed by atoms with Crippen LogP contribution in [0.4, 0.5) is 0 Å². The highest BCUT2D eigenvalue weighted by Gasteiger charge is 2.29. The molecule has 3 unspecified atom stereocenters. The number of halogens is 1. The highest BCUT2D eigenvalue weighted by Crippen LogP contribution is 2.39. The van der Waals surface area contributed by atoms with Gasteiger partial charge in [-0.3, -0.25) is 0 Å². The lowest BCUT2D eigenvalue weighted by molar-refractivity contribution is 0.420. The lowest BCUT2D eigenvalue weighted by Gasteiger charge is -2.30. The third kappa shape index (κ3) is 2.69. The topological polar surface area (TPSA) is 12.0 Å². The Morgan fingerprint density at radius 1 is 1.28 bits per heavy atom. The molecule has 0 radical (unpaired) electrons. The summed E-state index contributed by atoms with van der Waals surface area (Å²) in [6.07, 6.45) is 2.51. The SMILES string of the molecule is CC1SCCC1NC1CCSc2ccc(Cl)cc21. The maximum absolute atomic E-state index is 6.15. The Morgan fingerprint density at radius 2 is 2.17 bits per heavy atom. The minimum atomic E-state index is 0.492. The first kappa shape index (κ1) is 13.2. The highest BCUT2D eigenvalue weighted by atomic mass is 35.5. The summed E-state index contributed by atoms with van der Waals surface area (Å²) in [5.41, 5.74) is 1.41. The van der Waals surface area contributed by atoms with E-state index in [9.17, 15) is 0 Å². The van der Waals surface area contributed by atoms with E-state index in [1.807, 2.05) is 17.8 Å². The molecule has 0 bridgehead atoms. The van der Waals surface area contributed by atoms with E-state index in [1.165, 1.54) is 34.8 Å². The Bertz CT molecular complexity index is 438. The van der Waals surface area contributed by atoms with Crippen molar-refractivity contribution in [2.75, 3.05) is 11.5 Å². The number of hydrogen-bond donors (Lipinski definition) is 1. The molecule has 1 aromatic carbocycles. The first-order chi connectivity index (χ1) is 8.74. The number of fused-ring (bicyclic) bond motifs is 1. The molecule has 2 aliphatic rings. The van der Waals surface area contributed by atoms with Crippen LogP contribution in [0.5, 0.6) is 0 Å². The molecule has 0 saturated carbocycles. The number of nitrogens with one attached hydrogen (secondary N) is 1. The molecule has 18 heavy (non-hydrogen) atoms. The molecule has 0 amide bonds. The normalized spacial score (nSPS) is 31.3. The molecule has 0 aromatic heterocycles. The van der Waals surface area contributed by atoms with Crippen molar-refractivity contribution in [3.05, 3.63) is 28.8 Å². The van der Waals surface area contributed by atoms with Crippen molar-refractivity contribution in [1.82, 2.24) is 5.32 Å². The number of hydrogen-bond acceptors (Lipinski definition) is 3. The molecule has 1 fully saturated rings. The van der Waals surface area contributed by atoms with Crippen LogP contribution in [0.3, 0.4) is 0 Å². The van der Waals surface area contributed by atoms with Crippen LogP contribution in [0.1, 0.15) is 31.4 Å². The molecule has 1 saturated heterocycles. The fourth-order valence-electron chi connectivity index (χ4n) is 2.75. The third-order valence-corrected chi connectivity index (χ3v) is 6.49. The summed E-state index contributed by atoms with van der Waals surface area (Å²) in [5, 5.41) is 5.45. The second-order valence-corrected chi connectivity index (χ2v) is 8.07. The van der Waals surface area contributed by atoms with Gasteiger partial charge < -0.3 is 5.32 Å². The molecule has 3 atom stereocenters. The number of rotatable bonds is 2. The quantitative estimate of drug-likeness (QED) is 0.871. The van der Waals surface area contributed by atoms with E-state index in [0.29, 0.717) is 12.1 Å². The Labute approximate surface area is 122 Å². The molecule has 1 aromatic rings. The van der Waals surface area contributed by atoms with Gasteiger partial charge in [0.1, 0.15) is 0 Å². The molecule has 2 heterocycles. The number of thioether (sulfide) groups is 2. The zero-order valence-electron chi connectivity index (χ0n) is 10.5. The lowest BCUT2D eigenvalue weighted by atomic mass is 10.0. The third-order valence-electron chi connectivity index (χ3n) is 3.80. The monoisotopic (exact) mass is 299 g/mol. The highest BCUT2D eigenvalue weighted by molar-refractivity contribution is 8.00. The zero-order valence-corrected chi connectivity index (χ0v) is 12.9. The van der Waals surface area contributed by atoms with Crippen LogP contribution < -0.4 is 5.32 Å². The van der Waals surface area contributed by atoms with E-state index in [4.69, 9.17) is 11.6 Å². The summed E-state index contributed by atoms with van der Waals surface area (Å²) in [6, 6.07) is 7.47. The second kappa shape index (κ2) is 5.66. The van der Waals surface area contributed by atoms with Gasteiger partial charge in [0.2, 0.25) is 0 Å². The largest absolute Gasteiger partial charge is 0.306 e. The summed E-state index contributed by atoms with van der Waals surface area (Å²) in [5.74, 6) is 2.50. The van der Waals surface area contributed by atoms with Crippen LogP contribution in [0.25, 0.3) is 0 Å². The van der Waals surface area contributed by atoms with E-state index >= 15 is 0 Å². The van der Waals surface area contributed by atoms with Gasteiger partial charge in [0.25, 0.3) is 0 Å². The average molecular weight is 300 g/mol. The second-order valence-electron chi connectivity index (χ2n) is 5.01. The van der Waals surface area contributed by atoms with E-state index in [0.717, 1.165) is 10.3 Å². The summed E-state index contributed by atoms with van der Waals surface area (Å²) in [6.45, 7) is 2.34. The van der Waals surface area contributed by atoms with Crippen molar-refractivity contribution in [1.29, 1.82) is 0 Å². The fraction of sp³-hybridized carbons (Fsp3) is 0.571. The van der Waals surface area contributed by atoms with Crippen LogP contribution >= 0.6 is 35.1 Å². The fourth-order valence-corrected chi connectivity index (χ4v) is 5.24. The van der Waals surface area contributed by atoms with Crippen molar-refractivity contribution in [3.8, 4) is 0 Å². The van der Waals surface area contributed by atoms with Gasteiger partial charge in [0, 0.05) is 27.3 Å². The summed E-state index contributed by atoms with van der Waals surface area (Å²) >= 11 is 10.2. The lowest BCUT2D eigenvalue weighted by Crippen LogP contribution is -2.37. The molecule has 1 N–H and O–H groups in total. The van der Waals surface area contributed by atoms with Crippen LogP contribution in [0.15, 0.2) is 23.1 Å². The van der Waals surface area contributed by atoms with Gasteiger partial charge in [-0.2, -0.15) is 11.8 Å². The van der Waals surface area contributed by atoms with E-state index in [1.54, 1.807) is 0 Å². The standard InChI is InChI=1S/C14H18ClNS2/c1-9-12(4-6-17-9)16-13-5-7-18-14-3-2-10(15)8-11(13)14/h2-3,8-9,12-13,16H,4-7H2,1H3. The average Bonchev–Trinajstić information content (AvgIpc) is 2.76. The van der Waals surface area contributed by atoms with E-state index in [-0.39, 0.29) is 0 Å². The molecule has 2 aliphatic heterocycles. The summed E-state index contributed by atoms with van der Waals surface area (Å²) in [4.78, 5) is 1.40. The molecular weight excluding hydrogens is 282 g/mol. The van der Waals surface area contributed by atoms with Crippen LogP contribution in [0.2, 0.25) is 5.02 Å². The maximum atomic E-state index is 6.15. The number of benzene rings is 1. The van der Waals surface area contributed by atoms with E-state index in [2.05, 4.69) is 36.1 Å². The van der Waals surface area contributed by atoms with E-state index < -0.39 is 0 Å². The zero-order chi connectivity index (χ0) is 12.5. The Balaban J connectivity index is 1.80. The van der Waals surface area contributed by atoms with Gasteiger partial charge in [-0.1, -0.05) is 18.5 Å². The first-order valence-electron chi connectivity index (χ1n) is 6.54. The van der Waals surface area contributed by atoms with Crippen molar-refractivity contribution in [2.24, 2.45) is 0 Å². The predicted octanol–water partition coefficient (Wildman–Crippen LogP) is 4.36. The summed E-state index contributed by atoms with van der Waals surface area (Å²) in [7, 11) is 0. The van der Waals surface area contributed by atoms with Crippen molar-refractivity contribution >= 4 is 35.1 Å². The van der Waals surface area contributed by atoms with Gasteiger partial charge in [-0.15, -0.1) is 11.8 Å². The van der Waals surface area contributed by atoms with Crippen molar-refractivity contribution < 1.29 is 0 Å². The Hall–Kier alpha value is 0.170. The molecule has 4 heteroatoms. The maximum Gasteiger partial charge on any atom is 0.0410 e. The van der Waals surface area contributed by atoms with Crippen LogP contribution in [0, 0.1) is 0 Å². The van der Waals surface area contributed by atoms with Gasteiger partial charge in [0.15, 0.2) is 0 Å². The van der Waals surface area contributed by atoms with Crippen LogP contribution in [-0.4, -0.2) is 22.8 Å². The Kier molecular flexibility index (Phi) is 4.14. The molecule has 98 valence electrons. The molecular formula is C14H18ClNS2. The predicted molar refractivity (Wildman–Crippen MR) is 83.0 cm³/mol. The van der Waals surface area contributed by atoms with Crippen molar-refractivity contribution in [2.45, 2.75) is 42.0 Å². The minimum absolute atomic E-state index is 0.492. The van der Waals surface area contributed by atoms with Gasteiger partial charge in [-0.05, 0) is 48.1 Å². The van der Waals surface area contributed by atoms with Crippen LogP contribution in [-0.2, 0) is 0 Å². The minimum Gasteiger partial charge on any atom is -0.306 e. The molecule has 1 nitrogen and oxygen atoms in total.